The van der Waals surface area contributed by atoms with E-state index in [1.807, 2.05) is 4.90 Å². The van der Waals surface area contributed by atoms with E-state index in [0.29, 0.717) is 32.7 Å². The summed E-state index contributed by atoms with van der Waals surface area (Å²) in [6.07, 6.45) is 0.887. The molecule has 2 saturated heterocycles. The van der Waals surface area contributed by atoms with Gasteiger partial charge in [0.1, 0.15) is 11.9 Å². The van der Waals surface area contributed by atoms with Crippen molar-refractivity contribution in [1.29, 1.82) is 0 Å². The number of likely N-dealkylation sites (tertiary alicyclic amines) is 1. The molecule has 0 saturated carbocycles. The molecule has 2 aliphatic heterocycles. The molecular weight excluding hydrogens is 260 g/mol. The smallest absolute Gasteiger partial charge is 0.410 e. The number of hydrogen-bond donors (Lipinski definition) is 0. The molecule has 3 atom stereocenters. The van der Waals surface area contributed by atoms with Crippen molar-refractivity contribution in [1.82, 2.24) is 9.80 Å². The Balaban J connectivity index is 2.03. The van der Waals surface area contributed by atoms with Gasteiger partial charge >= 0.3 is 6.09 Å². The molecule has 0 bridgehead atoms. The van der Waals surface area contributed by atoms with Gasteiger partial charge in [-0.15, -0.1) is 0 Å². The lowest BCUT2D eigenvalue weighted by molar-refractivity contribution is -0.111. The molecule has 114 valence electrons. The Labute approximate surface area is 121 Å². The molecule has 6 heteroatoms. The van der Waals surface area contributed by atoms with Crippen LogP contribution in [0.15, 0.2) is 0 Å². The molecule has 2 heterocycles. The second-order valence-electron chi connectivity index (χ2n) is 6.22. The summed E-state index contributed by atoms with van der Waals surface area (Å²) in [5.74, 6) is 0. The van der Waals surface area contributed by atoms with Gasteiger partial charge in [-0.25, -0.2) is 4.79 Å². The average Bonchev–Trinajstić information content (AvgIpc) is 2.81. The number of carbonyl (C=O) groups excluding carboxylic acids is 2. The third-order valence-electron chi connectivity index (χ3n) is 3.50. The standard InChI is InChI=1S/C14H24N2O4/c1-14(2,3)20-13(18)16-9-11(8-12(16)10-17)15-4-6-19-7-5-15/h10-12H,4-9H2,1-3H3/t11?,12-/m1/s1/i4D/t4?,11?,12-. The van der Waals surface area contributed by atoms with Crippen LogP contribution in [-0.2, 0) is 14.3 Å². The maximum absolute atomic E-state index is 12.2. The molecule has 1 amide bonds. The molecule has 20 heavy (non-hydrogen) atoms. The Hall–Kier alpha value is -1.14. The second-order valence-corrected chi connectivity index (χ2v) is 6.22. The molecular formula is C14H24N2O4. The van der Waals surface area contributed by atoms with E-state index in [2.05, 4.69) is 0 Å². The lowest BCUT2D eigenvalue weighted by Crippen LogP contribution is -2.45. The molecule has 2 rings (SSSR count). The van der Waals surface area contributed by atoms with Crippen molar-refractivity contribution in [3.63, 3.8) is 0 Å². The van der Waals surface area contributed by atoms with Gasteiger partial charge in [-0.3, -0.25) is 9.80 Å². The number of aldehydes is 1. The van der Waals surface area contributed by atoms with Crippen molar-refractivity contribution in [2.24, 2.45) is 0 Å². The predicted octanol–water partition coefficient (Wildman–Crippen LogP) is 0.895. The normalized spacial score (nSPS) is 32.9. The van der Waals surface area contributed by atoms with Crippen LogP contribution in [0, 0.1) is 0 Å². The van der Waals surface area contributed by atoms with E-state index in [0.717, 1.165) is 6.29 Å². The molecule has 0 spiro atoms. The van der Waals surface area contributed by atoms with Gasteiger partial charge in [0.2, 0.25) is 0 Å². The summed E-state index contributed by atoms with van der Waals surface area (Å²) in [5.41, 5.74) is -0.584. The van der Waals surface area contributed by atoms with Gasteiger partial charge in [-0.05, 0) is 27.2 Å². The second kappa shape index (κ2) is 6.10. The topological polar surface area (TPSA) is 59.1 Å². The van der Waals surface area contributed by atoms with E-state index in [4.69, 9.17) is 10.8 Å². The van der Waals surface area contributed by atoms with Crippen molar-refractivity contribution in [3.8, 4) is 0 Å². The fraction of sp³-hybridized carbons (Fsp3) is 0.857. The van der Waals surface area contributed by atoms with E-state index < -0.39 is 24.3 Å². The third-order valence-corrected chi connectivity index (χ3v) is 3.50. The minimum atomic E-state index is -0.584. The maximum Gasteiger partial charge on any atom is 0.410 e. The van der Waals surface area contributed by atoms with Crippen LogP contribution >= 0.6 is 0 Å². The minimum absolute atomic E-state index is 0.0131. The Morgan fingerprint density at radius 3 is 2.80 bits per heavy atom. The number of morpholine rings is 1. The van der Waals surface area contributed by atoms with Gasteiger partial charge in [0.05, 0.1) is 19.3 Å². The fourth-order valence-electron chi connectivity index (χ4n) is 2.57. The Kier molecular flexibility index (Phi) is 4.21. The molecule has 0 aromatic carbocycles. The highest BCUT2D eigenvalue weighted by Crippen LogP contribution is 2.24. The summed E-state index contributed by atoms with van der Waals surface area (Å²) in [5, 5.41) is 0. The van der Waals surface area contributed by atoms with Gasteiger partial charge in [-0.2, -0.15) is 0 Å². The molecule has 2 fully saturated rings. The zero-order chi connectivity index (χ0) is 15.6. The van der Waals surface area contributed by atoms with Crippen molar-refractivity contribution in [2.45, 2.75) is 44.9 Å². The summed E-state index contributed by atoms with van der Waals surface area (Å²) in [7, 11) is 0. The zero-order valence-corrected chi connectivity index (χ0v) is 12.4. The number of rotatable bonds is 2. The number of ether oxygens (including phenoxy) is 2. The van der Waals surface area contributed by atoms with Crippen LogP contribution in [-0.4, -0.2) is 72.7 Å². The first kappa shape index (κ1) is 13.8. The first-order chi connectivity index (χ1) is 9.81. The highest BCUT2D eigenvalue weighted by atomic mass is 16.6. The lowest BCUT2D eigenvalue weighted by Gasteiger charge is -2.32. The molecule has 0 aromatic heterocycles. The third kappa shape index (κ3) is 3.70. The van der Waals surface area contributed by atoms with E-state index in [9.17, 15) is 9.59 Å². The Morgan fingerprint density at radius 1 is 1.45 bits per heavy atom. The van der Waals surface area contributed by atoms with Crippen LogP contribution in [0.4, 0.5) is 4.79 Å². The molecule has 6 nitrogen and oxygen atoms in total. The van der Waals surface area contributed by atoms with Crippen molar-refractivity contribution in [2.75, 3.05) is 32.8 Å². The summed E-state index contributed by atoms with van der Waals surface area (Å²) in [6, 6.07) is -0.459. The summed E-state index contributed by atoms with van der Waals surface area (Å²) in [6.45, 7) is 7.01. The average molecular weight is 285 g/mol. The monoisotopic (exact) mass is 285 g/mol. The predicted molar refractivity (Wildman–Crippen MR) is 73.6 cm³/mol. The van der Waals surface area contributed by atoms with Gasteiger partial charge < -0.3 is 14.3 Å². The van der Waals surface area contributed by atoms with Crippen LogP contribution in [0.2, 0.25) is 0 Å². The van der Waals surface area contributed by atoms with E-state index >= 15 is 0 Å². The van der Waals surface area contributed by atoms with Gasteiger partial charge in [0, 0.05) is 27.0 Å². The van der Waals surface area contributed by atoms with Crippen LogP contribution in [0.5, 0.6) is 0 Å². The number of amides is 1. The highest BCUT2D eigenvalue weighted by molar-refractivity contribution is 5.74. The van der Waals surface area contributed by atoms with Crippen LogP contribution in [0.3, 0.4) is 0 Å². The molecule has 0 radical (unpaired) electrons. The van der Waals surface area contributed by atoms with Crippen LogP contribution < -0.4 is 0 Å². The van der Waals surface area contributed by atoms with Gasteiger partial charge in [0.25, 0.3) is 0 Å². The van der Waals surface area contributed by atoms with Crippen LogP contribution in [0.25, 0.3) is 0 Å². The first-order valence-electron chi connectivity index (χ1n) is 7.60. The Morgan fingerprint density at radius 2 is 2.20 bits per heavy atom. The minimum Gasteiger partial charge on any atom is -0.444 e. The molecule has 0 aromatic rings. The first-order valence-corrected chi connectivity index (χ1v) is 7.02. The number of hydrogen-bond acceptors (Lipinski definition) is 5. The van der Waals surface area contributed by atoms with Crippen LogP contribution in [0.1, 0.15) is 28.6 Å². The lowest BCUT2D eigenvalue weighted by atomic mass is 10.1. The largest absolute Gasteiger partial charge is 0.444 e. The summed E-state index contributed by atoms with van der Waals surface area (Å²) >= 11 is 0. The Bertz CT molecular complexity index is 399. The molecule has 2 aliphatic rings. The van der Waals surface area contributed by atoms with Gasteiger partial charge in [0.15, 0.2) is 0 Å². The van der Waals surface area contributed by atoms with E-state index in [-0.39, 0.29) is 6.04 Å². The highest BCUT2D eigenvalue weighted by Gasteiger charge is 2.39. The molecule has 2 unspecified atom stereocenters. The number of carbonyl (C=O) groups is 2. The molecule has 0 N–H and O–H groups in total. The van der Waals surface area contributed by atoms with E-state index in [1.165, 1.54) is 4.90 Å². The SMILES string of the molecule is [2H]C1COCCN1C1C[C@H](C=O)N(C(=O)OC(C)(C)C)C1. The summed E-state index contributed by atoms with van der Waals surface area (Å²) in [4.78, 5) is 26.9. The van der Waals surface area contributed by atoms with Crippen molar-refractivity contribution in [3.05, 3.63) is 0 Å². The zero-order valence-electron chi connectivity index (χ0n) is 13.4. The molecule has 0 aliphatic carbocycles. The van der Waals surface area contributed by atoms with Crippen molar-refractivity contribution < 1.29 is 20.4 Å². The fourth-order valence-corrected chi connectivity index (χ4v) is 2.57. The summed E-state index contributed by atoms with van der Waals surface area (Å²) < 4.78 is 18.6. The van der Waals surface area contributed by atoms with Crippen molar-refractivity contribution >= 4 is 12.4 Å². The quantitative estimate of drug-likeness (QED) is 0.705. The van der Waals surface area contributed by atoms with Gasteiger partial charge in [-0.1, -0.05) is 0 Å². The van der Waals surface area contributed by atoms with E-state index in [1.54, 1.807) is 20.8 Å². The number of nitrogens with zero attached hydrogens (tertiary/aromatic N) is 2. The maximum atomic E-state index is 12.2.